The number of hydrogen-bond donors (Lipinski definition) is 1. The van der Waals surface area contributed by atoms with Crippen LogP contribution in [0.15, 0.2) is 0 Å². The highest BCUT2D eigenvalue weighted by Crippen LogP contribution is 2.39. The molecule has 1 N–H and O–H groups in total. The molecule has 4 unspecified atom stereocenters. The molecule has 1 saturated carbocycles. The third-order valence-electron chi connectivity index (χ3n) is 4.75. The van der Waals surface area contributed by atoms with Gasteiger partial charge in [0.05, 0.1) is 17.9 Å². The van der Waals surface area contributed by atoms with Crippen molar-refractivity contribution in [2.45, 2.75) is 45.1 Å². The van der Waals surface area contributed by atoms with E-state index in [1.165, 1.54) is 0 Å². The number of rotatable bonds is 5. The van der Waals surface area contributed by atoms with Gasteiger partial charge in [0.25, 0.3) is 0 Å². The fraction of sp³-hybridized carbons (Fsp3) is 0.867. The van der Waals surface area contributed by atoms with Crippen LogP contribution in [0.1, 0.15) is 39.0 Å². The van der Waals surface area contributed by atoms with Crippen molar-refractivity contribution in [3.8, 4) is 0 Å². The van der Waals surface area contributed by atoms with E-state index in [0.29, 0.717) is 25.3 Å². The molecule has 1 saturated heterocycles. The summed E-state index contributed by atoms with van der Waals surface area (Å²) in [6.45, 7) is 3.41. The molecule has 4 atom stereocenters. The zero-order valence-electron chi connectivity index (χ0n) is 12.4. The summed E-state index contributed by atoms with van der Waals surface area (Å²) >= 11 is 0. The summed E-state index contributed by atoms with van der Waals surface area (Å²) in [7, 11) is 1.77. The molecule has 5 nitrogen and oxygen atoms in total. The van der Waals surface area contributed by atoms with Crippen molar-refractivity contribution in [1.29, 1.82) is 0 Å². The molecule has 1 aliphatic carbocycles. The summed E-state index contributed by atoms with van der Waals surface area (Å²) in [5.74, 6) is -1.36. The van der Waals surface area contributed by atoms with Crippen LogP contribution in [-0.2, 0) is 14.3 Å². The maximum Gasteiger partial charge on any atom is 0.307 e. The van der Waals surface area contributed by atoms with E-state index in [1.54, 1.807) is 11.9 Å². The van der Waals surface area contributed by atoms with Gasteiger partial charge in [0, 0.05) is 20.2 Å². The number of carboxylic acids is 1. The first-order chi connectivity index (χ1) is 9.52. The topological polar surface area (TPSA) is 66.8 Å². The zero-order valence-corrected chi connectivity index (χ0v) is 12.4. The molecule has 1 heterocycles. The van der Waals surface area contributed by atoms with E-state index < -0.39 is 11.9 Å². The van der Waals surface area contributed by atoms with Crippen molar-refractivity contribution in [2.75, 3.05) is 20.2 Å². The molecular weight excluding hydrogens is 258 g/mol. The summed E-state index contributed by atoms with van der Waals surface area (Å²) in [6, 6.07) is 0. The molecule has 0 radical (unpaired) electrons. The van der Waals surface area contributed by atoms with Crippen molar-refractivity contribution in [1.82, 2.24) is 4.90 Å². The predicted molar refractivity (Wildman–Crippen MR) is 74.2 cm³/mol. The monoisotopic (exact) mass is 283 g/mol. The van der Waals surface area contributed by atoms with E-state index in [4.69, 9.17) is 4.74 Å². The molecule has 2 rings (SSSR count). The second-order valence-electron chi connectivity index (χ2n) is 6.15. The lowest BCUT2D eigenvalue weighted by Crippen LogP contribution is -2.40. The SMILES string of the molecule is CCC1CC(C(=O)O)C(C(=O)N(C)CC2CCCO2)C1. The Morgan fingerprint density at radius 3 is 2.55 bits per heavy atom. The Bertz CT molecular complexity index is 365. The number of carboxylic acid groups (broad SMARTS) is 1. The van der Waals surface area contributed by atoms with Crippen LogP contribution in [0, 0.1) is 17.8 Å². The number of amides is 1. The number of hydrogen-bond acceptors (Lipinski definition) is 3. The van der Waals surface area contributed by atoms with Crippen LogP contribution in [0.2, 0.25) is 0 Å². The third-order valence-corrected chi connectivity index (χ3v) is 4.75. The van der Waals surface area contributed by atoms with E-state index in [0.717, 1.165) is 25.9 Å². The van der Waals surface area contributed by atoms with E-state index in [9.17, 15) is 14.7 Å². The molecule has 20 heavy (non-hydrogen) atoms. The molecular formula is C15H25NO4. The standard InChI is InChI=1S/C15H25NO4/c1-3-10-7-12(13(8-10)15(18)19)14(17)16(2)9-11-5-4-6-20-11/h10-13H,3-9H2,1-2H3,(H,18,19). The quantitative estimate of drug-likeness (QED) is 0.835. The highest BCUT2D eigenvalue weighted by Gasteiger charge is 2.43. The zero-order chi connectivity index (χ0) is 14.7. The van der Waals surface area contributed by atoms with Gasteiger partial charge in [-0.3, -0.25) is 9.59 Å². The Balaban J connectivity index is 1.96. The Labute approximate surface area is 120 Å². The van der Waals surface area contributed by atoms with Gasteiger partial charge in [0.1, 0.15) is 0 Å². The Morgan fingerprint density at radius 2 is 2.00 bits per heavy atom. The average Bonchev–Trinajstić information content (AvgIpc) is 3.06. The smallest absolute Gasteiger partial charge is 0.307 e. The van der Waals surface area contributed by atoms with E-state index in [2.05, 4.69) is 6.92 Å². The van der Waals surface area contributed by atoms with Crippen molar-refractivity contribution in [3.63, 3.8) is 0 Å². The van der Waals surface area contributed by atoms with Gasteiger partial charge in [0.2, 0.25) is 5.91 Å². The lowest BCUT2D eigenvalue weighted by atomic mass is 9.95. The Morgan fingerprint density at radius 1 is 1.30 bits per heavy atom. The summed E-state index contributed by atoms with van der Waals surface area (Å²) in [5, 5.41) is 9.32. The van der Waals surface area contributed by atoms with E-state index >= 15 is 0 Å². The molecule has 0 bridgehead atoms. The molecule has 0 spiro atoms. The summed E-state index contributed by atoms with van der Waals surface area (Å²) in [6.07, 6.45) is 4.45. The summed E-state index contributed by atoms with van der Waals surface area (Å²) in [4.78, 5) is 25.5. The number of likely N-dealkylation sites (N-methyl/N-ethyl adjacent to an activating group) is 1. The molecule has 2 aliphatic rings. The number of carbonyl (C=O) groups excluding carboxylic acids is 1. The van der Waals surface area contributed by atoms with Gasteiger partial charge in [-0.25, -0.2) is 0 Å². The number of nitrogens with zero attached hydrogens (tertiary/aromatic N) is 1. The third kappa shape index (κ3) is 3.32. The normalized spacial score (nSPS) is 33.3. The van der Waals surface area contributed by atoms with Crippen LogP contribution in [0.25, 0.3) is 0 Å². The van der Waals surface area contributed by atoms with E-state index in [1.807, 2.05) is 0 Å². The average molecular weight is 283 g/mol. The second-order valence-corrected chi connectivity index (χ2v) is 6.15. The van der Waals surface area contributed by atoms with Crippen LogP contribution in [-0.4, -0.2) is 48.2 Å². The largest absolute Gasteiger partial charge is 0.481 e. The van der Waals surface area contributed by atoms with Gasteiger partial charge < -0.3 is 14.7 Å². The van der Waals surface area contributed by atoms with Crippen LogP contribution >= 0.6 is 0 Å². The number of aliphatic carboxylic acids is 1. The first kappa shape index (κ1) is 15.3. The highest BCUT2D eigenvalue weighted by molar-refractivity contribution is 5.85. The van der Waals surface area contributed by atoms with Crippen molar-refractivity contribution >= 4 is 11.9 Å². The minimum atomic E-state index is -0.829. The lowest BCUT2D eigenvalue weighted by Gasteiger charge is -2.25. The van der Waals surface area contributed by atoms with Gasteiger partial charge in [-0.1, -0.05) is 13.3 Å². The molecule has 114 valence electrons. The maximum absolute atomic E-state index is 12.5. The fourth-order valence-electron chi connectivity index (χ4n) is 3.49. The van der Waals surface area contributed by atoms with Crippen molar-refractivity contribution < 1.29 is 19.4 Å². The van der Waals surface area contributed by atoms with Gasteiger partial charge in [-0.15, -0.1) is 0 Å². The molecule has 0 aromatic rings. The Hall–Kier alpha value is -1.10. The number of carbonyl (C=O) groups is 2. The fourth-order valence-corrected chi connectivity index (χ4v) is 3.49. The minimum absolute atomic E-state index is 0.0242. The van der Waals surface area contributed by atoms with Crippen LogP contribution in [0.5, 0.6) is 0 Å². The second kappa shape index (κ2) is 6.57. The predicted octanol–water partition coefficient (Wildman–Crippen LogP) is 1.76. The summed E-state index contributed by atoms with van der Waals surface area (Å²) < 4.78 is 5.54. The van der Waals surface area contributed by atoms with Gasteiger partial charge in [-0.2, -0.15) is 0 Å². The molecule has 0 aromatic heterocycles. The van der Waals surface area contributed by atoms with Gasteiger partial charge >= 0.3 is 5.97 Å². The van der Waals surface area contributed by atoms with E-state index in [-0.39, 0.29) is 17.9 Å². The lowest BCUT2D eigenvalue weighted by molar-refractivity contribution is -0.149. The molecule has 2 fully saturated rings. The van der Waals surface area contributed by atoms with Crippen LogP contribution in [0.4, 0.5) is 0 Å². The first-order valence-corrected chi connectivity index (χ1v) is 7.62. The first-order valence-electron chi connectivity index (χ1n) is 7.62. The molecule has 5 heteroatoms. The Kier molecular flexibility index (Phi) is 5.02. The highest BCUT2D eigenvalue weighted by atomic mass is 16.5. The molecule has 1 aliphatic heterocycles. The van der Waals surface area contributed by atoms with Crippen LogP contribution < -0.4 is 0 Å². The van der Waals surface area contributed by atoms with Gasteiger partial charge in [0.15, 0.2) is 0 Å². The number of ether oxygens (including phenoxy) is 1. The molecule has 0 aromatic carbocycles. The minimum Gasteiger partial charge on any atom is -0.481 e. The molecule has 1 amide bonds. The maximum atomic E-state index is 12.5. The van der Waals surface area contributed by atoms with Crippen molar-refractivity contribution in [3.05, 3.63) is 0 Å². The van der Waals surface area contributed by atoms with Crippen molar-refractivity contribution in [2.24, 2.45) is 17.8 Å². The van der Waals surface area contributed by atoms with Gasteiger partial charge in [-0.05, 0) is 31.6 Å². The van der Waals surface area contributed by atoms with Crippen LogP contribution in [0.3, 0.4) is 0 Å². The summed E-state index contributed by atoms with van der Waals surface area (Å²) in [5.41, 5.74) is 0.